The number of aromatic nitrogens is 4. The number of nitrogens with one attached hydrogen (secondary N) is 1. The van der Waals surface area contributed by atoms with Crippen LogP contribution in [0.15, 0.2) is 34.4 Å². The summed E-state index contributed by atoms with van der Waals surface area (Å²) in [5.41, 5.74) is -0.693. The zero-order valence-corrected chi connectivity index (χ0v) is 18.4. The van der Waals surface area contributed by atoms with Gasteiger partial charge in [0.05, 0.1) is 37.9 Å². The van der Waals surface area contributed by atoms with Crippen molar-refractivity contribution in [2.24, 2.45) is 0 Å². The summed E-state index contributed by atoms with van der Waals surface area (Å²) in [6.07, 6.45) is 0.990. The Labute approximate surface area is 178 Å². The quantitative estimate of drug-likeness (QED) is 0.485. The number of H-pyrrole nitrogens is 1. The topological polar surface area (TPSA) is 147 Å². The minimum atomic E-state index is -3.29. The Morgan fingerprint density at radius 3 is 2.61 bits per heavy atom. The number of imidazole rings is 1. The van der Waals surface area contributed by atoms with Crippen LogP contribution in [0.5, 0.6) is 0 Å². The van der Waals surface area contributed by atoms with Crippen LogP contribution in [0.2, 0.25) is 0 Å². The Kier molecular flexibility index (Phi) is 7.63. The Morgan fingerprint density at radius 1 is 1.29 bits per heavy atom. The lowest BCUT2D eigenvalue weighted by Crippen LogP contribution is -2.38. The average Bonchev–Trinajstić information content (AvgIpc) is 3.26. The minimum absolute atomic E-state index is 0.0197. The Balaban J connectivity index is 1.74. The van der Waals surface area contributed by atoms with E-state index in [-0.39, 0.29) is 25.9 Å². The number of hydrogen-bond donors (Lipinski definition) is 2. The molecular weight excluding hydrogens is 431 g/mol. The zero-order chi connectivity index (χ0) is 22.6. The first-order chi connectivity index (χ1) is 14.8. The standard InChI is InChI=1S/C18H27N4O8P/c1-4-28-31(26,29-5-2)10-12-8-21(11-19-12)9-13-15(24)16(27-3)17(30-13)22-7-6-14(23)20-18(22)25/h6-8,11,13,15-17,24H,4-5,9-10H2,1-3H3,(H,20,23,25)/t13-,15?,16?,17-/m1/s1. The molecule has 0 amide bonds. The number of hydrogen-bond acceptors (Lipinski definition) is 9. The fourth-order valence-corrected chi connectivity index (χ4v) is 5.10. The van der Waals surface area contributed by atoms with E-state index in [0.717, 1.165) is 0 Å². The number of methoxy groups -OCH3 is 1. The first-order valence-electron chi connectivity index (χ1n) is 9.86. The van der Waals surface area contributed by atoms with Gasteiger partial charge in [-0.15, -0.1) is 0 Å². The first-order valence-corrected chi connectivity index (χ1v) is 11.6. The number of aromatic amines is 1. The van der Waals surface area contributed by atoms with Crippen molar-refractivity contribution in [3.63, 3.8) is 0 Å². The summed E-state index contributed by atoms with van der Waals surface area (Å²) in [4.78, 5) is 29.8. The van der Waals surface area contributed by atoms with E-state index in [2.05, 4.69) is 9.97 Å². The highest BCUT2D eigenvalue weighted by molar-refractivity contribution is 7.53. The summed E-state index contributed by atoms with van der Waals surface area (Å²) in [5, 5.41) is 10.7. The molecule has 0 aromatic carbocycles. The van der Waals surface area contributed by atoms with E-state index in [1.54, 1.807) is 24.6 Å². The van der Waals surface area contributed by atoms with Crippen molar-refractivity contribution in [3.05, 3.63) is 51.3 Å². The van der Waals surface area contributed by atoms with Gasteiger partial charge >= 0.3 is 13.3 Å². The fourth-order valence-electron chi connectivity index (χ4n) is 3.49. The molecule has 1 aliphatic rings. The van der Waals surface area contributed by atoms with Gasteiger partial charge in [-0.05, 0) is 13.8 Å². The summed E-state index contributed by atoms with van der Waals surface area (Å²) >= 11 is 0. The smallest absolute Gasteiger partial charge is 0.336 e. The first kappa shape index (κ1) is 23.6. The second-order valence-corrected chi connectivity index (χ2v) is 8.99. The molecule has 2 aromatic heterocycles. The number of aliphatic hydroxyl groups is 1. The van der Waals surface area contributed by atoms with Crippen LogP contribution in [-0.4, -0.2) is 62.8 Å². The Morgan fingerprint density at radius 2 is 2.00 bits per heavy atom. The zero-order valence-electron chi connectivity index (χ0n) is 17.5. The SMILES string of the molecule is CCOP(=O)(Cc1cn(C[C@H]2O[C@@H](n3ccc(=O)[nH]c3=O)C(OC)C2O)cn1)OCC. The van der Waals surface area contributed by atoms with Gasteiger partial charge in [-0.2, -0.15) is 0 Å². The second-order valence-electron chi connectivity index (χ2n) is 6.94. The van der Waals surface area contributed by atoms with Gasteiger partial charge in [0.25, 0.3) is 5.56 Å². The average molecular weight is 458 g/mol. The van der Waals surface area contributed by atoms with Crippen LogP contribution < -0.4 is 11.2 Å². The summed E-state index contributed by atoms with van der Waals surface area (Å²) in [6, 6.07) is 1.19. The molecule has 31 heavy (non-hydrogen) atoms. The van der Waals surface area contributed by atoms with Gasteiger partial charge < -0.3 is 28.2 Å². The molecule has 0 bridgehead atoms. The predicted molar refractivity (Wildman–Crippen MR) is 109 cm³/mol. The lowest BCUT2D eigenvalue weighted by Gasteiger charge is -2.19. The fraction of sp³-hybridized carbons (Fsp3) is 0.611. The number of aliphatic hydroxyl groups excluding tert-OH is 1. The maximum absolute atomic E-state index is 12.7. The molecule has 4 atom stereocenters. The van der Waals surface area contributed by atoms with Crippen LogP contribution in [0.3, 0.4) is 0 Å². The van der Waals surface area contributed by atoms with Crippen molar-refractivity contribution in [2.75, 3.05) is 20.3 Å². The molecule has 0 spiro atoms. The molecule has 3 heterocycles. The summed E-state index contributed by atoms with van der Waals surface area (Å²) < 4.78 is 37.4. The summed E-state index contributed by atoms with van der Waals surface area (Å²) in [6.45, 7) is 4.18. The van der Waals surface area contributed by atoms with Crippen LogP contribution >= 0.6 is 7.60 Å². The van der Waals surface area contributed by atoms with Crippen LogP contribution in [-0.2, 0) is 35.8 Å². The molecule has 13 heteroatoms. The molecule has 0 saturated carbocycles. The van der Waals surface area contributed by atoms with Gasteiger partial charge in [0, 0.05) is 25.6 Å². The van der Waals surface area contributed by atoms with Gasteiger partial charge in [0.2, 0.25) is 0 Å². The van der Waals surface area contributed by atoms with Crippen LogP contribution in [0.25, 0.3) is 0 Å². The van der Waals surface area contributed by atoms with E-state index in [0.29, 0.717) is 5.69 Å². The molecule has 172 valence electrons. The van der Waals surface area contributed by atoms with Crippen LogP contribution in [0, 0.1) is 0 Å². The molecule has 1 saturated heterocycles. The highest BCUT2D eigenvalue weighted by atomic mass is 31.2. The van der Waals surface area contributed by atoms with Gasteiger partial charge in [0.1, 0.15) is 18.3 Å². The molecule has 1 fully saturated rings. The Bertz CT molecular complexity index is 1020. The van der Waals surface area contributed by atoms with Crippen molar-refractivity contribution < 1.29 is 28.2 Å². The van der Waals surface area contributed by atoms with E-state index in [4.69, 9.17) is 18.5 Å². The van der Waals surface area contributed by atoms with Crippen LogP contribution in [0.4, 0.5) is 0 Å². The molecule has 2 N–H and O–H groups in total. The molecule has 2 unspecified atom stereocenters. The summed E-state index contributed by atoms with van der Waals surface area (Å²) in [5.74, 6) is 0. The third-order valence-corrected chi connectivity index (χ3v) is 6.81. The number of nitrogens with zero attached hydrogens (tertiary/aromatic N) is 3. The Hall–Kier alpha value is -2.08. The number of ether oxygens (including phenoxy) is 2. The van der Waals surface area contributed by atoms with E-state index in [9.17, 15) is 19.3 Å². The van der Waals surface area contributed by atoms with E-state index < -0.39 is 43.4 Å². The normalized spacial score (nSPS) is 24.0. The van der Waals surface area contributed by atoms with Gasteiger partial charge in [0.15, 0.2) is 6.23 Å². The lowest BCUT2D eigenvalue weighted by atomic mass is 10.1. The molecule has 12 nitrogen and oxygen atoms in total. The monoisotopic (exact) mass is 458 g/mol. The van der Waals surface area contributed by atoms with Crippen LogP contribution in [0.1, 0.15) is 25.8 Å². The van der Waals surface area contributed by atoms with Crippen molar-refractivity contribution in [1.29, 1.82) is 0 Å². The number of rotatable bonds is 10. The van der Waals surface area contributed by atoms with Crippen molar-refractivity contribution in [3.8, 4) is 0 Å². The highest BCUT2D eigenvalue weighted by Crippen LogP contribution is 2.50. The van der Waals surface area contributed by atoms with E-state index in [1.165, 1.54) is 30.3 Å². The minimum Gasteiger partial charge on any atom is -0.387 e. The third kappa shape index (κ3) is 5.40. The van der Waals surface area contributed by atoms with Crippen molar-refractivity contribution >= 4 is 7.60 Å². The molecule has 3 rings (SSSR count). The molecule has 1 aliphatic heterocycles. The molecule has 0 aliphatic carbocycles. The van der Waals surface area contributed by atoms with Gasteiger partial charge in [-0.1, -0.05) is 0 Å². The van der Waals surface area contributed by atoms with Gasteiger partial charge in [-0.3, -0.25) is 18.9 Å². The van der Waals surface area contributed by atoms with Gasteiger partial charge in [-0.25, -0.2) is 9.78 Å². The maximum atomic E-state index is 12.7. The van der Waals surface area contributed by atoms with E-state index in [1.807, 2.05) is 0 Å². The largest absolute Gasteiger partial charge is 0.387 e. The third-order valence-electron chi connectivity index (χ3n) is 4.79. The lowest BCUT2D eigenvalue weighted by molar-refractivity contribution is -0.0561. The van der Waals surface area contributed by atoms with E-state index >= 15 is 0 Å². The van der Waals surface area contributed by atoms with Crippen molar-refractivity contribution in [2.45, 2.75) is 51.1 Å². The van der Waals surface area contributed by atoms with Crippen molar-refractivity contribution in [1.82, 2.24) is 19.1 Å². The maximum Gasteiger partial charge on any atom is 0.336 e. The summed E-state index contributed by atoms with van der Waals surface area (Å²) in [7, 11) is -1.89. The highest BCUT2D eigenvalue weighted by Gasteiger charge is 2.45. The molecule has 0 radical (unpaired) electrons. The molecular formula is C18H27N4O8P. The predicted octanol–water partition coefficient (Wildman–Crippen LogP) is 0.473. The second kappa shape index (κ2) is 10.0. The molecule has 2 aromatic rings.